The predicted molar refractivity (Wildman–Crippen MR) is 69.1 cm³/mol. The van der Waals surface area contributed by atoms with Gasteiger partial charge in [0.05, 0.1) is 0 Å². The number of hydrogen-bond acceptors (Lipinski definition) is 4. The van der Waals surface area contributed by atoms with Crippen LogP contribution in [0.25, 0.3) is 0 Å². The molecule has 1 heterocycles. The van der Waals surface area contributed by atoms with Crippen molar-refractivity contribution in [3.8, 4) is 11.6 Å². The number of aliphatic hydroxyl groups is 1. The standard InChI is InChI=1S/C13H13ClN2O2/c1-9-8-15-13(14)16-12(9)18-11-5-3-2-4-10(11)6-7-17/h2-5,8,17H,6-7H2,1H3. The molecule has 2 aromatic rings. The van der Waals surface area contributed by atoms with Crippen LogP contribution >= 0.6 is 11.6 Å². The largest absolute Gasteiger partial charge is 0.438 e. The SMILES string of the molecule is Cc1cnc(Cl)nc1Oc1ccccc1CCO. The van der Waals surface area contributed by atoms with E-state index in [0.29, 0.717) is 18.1 Å². The minimum absolute atomic E-state index is 0.0733. The molecule has 0 aliphatic carbocycles. The van der Waals surface area contributed by atoms with Crippen LogP contribution in [-0.4, -0.2) is 21.7 Å². The highest BCUT2D eigenvalue weighted by molar-refractivity contribution is 6.28. The monoisotopic (exact) mass is 264 g/mol. The summed E-state index contributed by atoms with van der Waals surface area (Å²) in [4.78, 5) is 7.91. The molecule has 0 radical (unpaired) electrons. The van der Waals surface area contributed by atoms with Crippen molar-refractivity contribution < 1.29 is 9.84 Å². The van der Waals surface area contributed by atoms with Crippen molar-refractivity contribution in [2.75, 3.05) is 6.61 Å². The number of nitrogens with zero attached hydrogens (tertiary/aromatic N) is 2. The molecule has 0 saturated heterocycles. The van der Waals surface area contributed by atoms with Crippen LogP contribution in [0.4, 0.5) is 0 Å². The van der Waals surface area contributed by atoms with Crippen LogP contribution in [0.15, 0.2) is 30.5 Å². The van der Waals surface area contributed by atoms with E-state index in [9.17, 15) is 0 Å². The lowest BCUT2D eigenvalue weighted by molar-refractivity contribution is 0.297. The van der Waals surface area contributed by atoms with Gasteiger partial charge >= 0.3 is 0 Å². The Morgan fingerprint density at radius 3 is 2.89 bits per heavy atom. The summed E-state index contributed by atoms with van der Waals surface area (Å²) < 4.78 is 5.73. The quantitative estimate of drug-likeness (QED) is 0.863. The molecular formula is C13H13ClN2O2. The fraction of sp³-hybridized carbons (Fsp3) is 0.231. The smallest absolute Gasteiger partial charge is 0.226 e. The molecule has 0 aliphatic heterocycles. The van der Waals surface area contributed by atoms with E-state index in [-0.39, 0.29) is 11.9 Å². The van der Waals surface area contributed by atoms with E-state index >= 15 is 0 Å². The normalized spacial score (nSPS) is 10.4. The molecule has 0 amide bonds. The topological polar surface area (TPSA) is 55.2 Å². The van der Waals surface area contributed by atoms with Crippen LogP contribution in [0.5, 0.6) is 11.6 Å². The first-order valence-corrected chi connectivity index (χ1v) is 5.94. The van der Waals surface area contributed by atoms with Gasteiger partial charge in [-0.25, -0.2) is 4.98 Å². The maximum Gasteiger partial charge on any atom is 0.226 e. The van der Waals surface area contributed by atoms with Gasteiger partial charge in [-0.3, -0.25) is 0 Å². The van der Waals surface area contributed by atoms with Gasteiger partial charge in [0, 0.05) is 18.4 Å². The number of aromatic nitrogens is 2. The molecule has 0 spiro atoms. The van der Waals surface area contributed by atoms with Crippen LogP contribution in [0.2, 0.25) is 5.28 Å². The molecule has 1 aromatic carbocycles. The summed E-state index contributed by atoms with van der Waals surface area (Å²) in [7, 11) is 0. The third kappa shape index (κ3) is 2.97. The van der Waals surface area contributed by atoms with Gasteiger partial charge in [-0.05, 0) is 36.6 Å². The predicted octanol–water partition coefficient (Wildman–Crippen LogP) is 2.77. The van der Waals surface area contributed by atoms with E-state index in [2.05, 4.69) is 9.97 Å². The molecule has 0 atom stereocenters. The average molecular weight is 265 g/mol. The number of aryl methyl sites for hydroxylation is 1. The number of para-hydroxylation sites is 1. The number of benzene rings is 1. The zero-order valence-corrected chi connectivity index (χ0v) is 10.7. The Morgan fingerprint density at radius 2 is 2.11 bits per heavy atom. The second-order valence-electron chi connectivity index (χ2n) is 3.81. The Bertz CT molecular complexity index is 546. The van der Waals surface area contributed by atoms with E-state index in [4.69, 9.17) is 21.4 Å². The third-order valence-electron chi connectivity index (χ3n) is 2.46. The second-order valence-corrected chi connectivity index (χ2v) is 4.15. The number of rotatable bonds is 4. The van der Waals surface area contributed by atoms with Crippen molar-refractivity contribution in [3.05, 3.63) is 46.9 Å². The lowest BCUT2D eigenvalue weighted by Crippen LogP contribution is -1.98. The summed E-state index contributed by atoms with van der Waals surface area (Å²) >= 11 is 5.74. The van der Waals surface area contributed by atoms with Gasteiger partial charge in [-0.1, -0.05) is 18.2 Å². The number of hydrogen-bond donors (Lipinski definition) is 1. The molecule has 94 valence electrons. The summed E-state index contributed by atoms with van der Waals surface area (Å²) in [6, 6.07) is 7.51. The van der Waals surface area contributed by atoms with Crippen LogP contribution in [0.1, 0.15) is 11.1 Å². The second kappa shape index (κ2) is 5.80. The van der Waals surface area contributed by atoms with Gasteiger partial charge in [0.1, 0.15) is 5.75 Å². The fourth-order valence-electron chi connectivity index (χ4n) is 1.54. The van der Waals surface area contributed by atoms with Gasteiger partial charge in [-0.15, -0.1) is 0 Å². The van der Waals surface area contributed by atoms with Crippen LogP contribution in [0, 0.1) is 6.92 Å². The molecule has 1 aromatic heterocycles. The molecule has 0 saturated carbocycles. The minimum Gasteiger partial charge on any atom is -0.438 e. The molecule has 5 heteroatoms. The molecule has 18 heavy (non-hydrogen) atoms. The van der Waals surface area contributed by atoms with Crippen molar-refractivity contribution in [3.63, 3.8) is 0 Å². The van der Waals surface area contributed by atoms with E-state index in [1.54, 1.807) is 6.20 Å². The van der Waals surface area contributed by atoms with Gasteiger partial charge in [0.25, 0.3) is 0 Å². The first-order chi connectivity index (χ1) is 8.70. The summed E-state index contributed by atoms with van der Waals surface area (Å²) in [5, 5.41) is 9.16. The molecule has 2 rings (SSSR count). The highest BCUT2D eigenvalue weighted by Gasteiger charge is 2.08. The number of ether oxygens (including phenoxy) is 1. The van der Waals surface area contributed by atoms with Gasteiger partial charge in [0.15, 0.2) is 0 Å². The maximum absolute atomic E-state index is 9.01. The molecule has 0 aliphatic rings. The zero-order valence-electron chi connectivity index (χ0n) is 9.93. The Morgan fingerprint density at radius 1 is 1.33 bits per heavy atom. The highest BCUT2D eigenvalue weighted by atomic mass is 35.5. The Hall–Kier alpha value is -1.65. The molecule has 4 nitrogen and oxygen atoms in total. The van der Waals surface area contributed by atoms with Gasteiger partial charge < -0.3 is 9.84 Å². The van der Waals surface area contributed by atoms with Crippen molar-refractivity contribution in [2.45, 2.75) is 13.3 Å². The lowest BCUT2D eigenvalue weighted by atomic mass is 10.1. The molecule has 1 N–H and O–H groups in total. The van der Waals surface area contributed by atoms with Crippen molar-refractivity contribution >= 4 is 11.6 Å². The lowest BCUT2D eigenvalue weighted by Gasteiger charge is -2.11. The van der Waals surface area contributed by atoms with Crippen molar-refractivity contribution in [2.24, 2.45) is 0 Å². The van der Waals surface area contributed by atoms with Gasteiger partial charge in [0.2, 0.25) is 11.2 Å². The van der Waals surface area contributed by atoms with E-state index in [1.165, 1.54) is 0 Å². The molecule has 0 bridgehead atoms. The molecule has 0 fully saturated rings. The highest BCUT2D eigenvalue weighted by Crippen LogP contribution is 2.26. The number of aliphatic hydroxyl groups excluding tert-OH is 1. The Balaban J connectivity index is 2.30. The van der Waals surface area contributed by atoms with E-state index < -0.39 is 0 Å². The van der Waals surface area contributed by atoms with Crippen LogP contribution < -0.4 is 4.74 Å². The summed E-state index contributed by atoms with van der Waals surface area (Å²) in [6.45, 7) is 1.92. The van der Waals surface area contributed by atoms with E-state index in [1.807, 2.05) is 31.2 Å². The Kier molecular flexibility index (Phi) is 4.12. The van der Waals surface area contributed by atoms with E-state index in [0.717, 1.165) is 11.1 Å². The summed E-state index contributed by atoms with van der Waals surface area (Å²) in [5.74, 6) is 1.10. The third-order valence-corrected chi connectivity index (χ3v) is 2.64. The number of halogens is 1. The van der Waals surface area contributed by atoms with Crippen LogP contribution in [0.3, 0.4) is 0 Å². The minimum atomic E-state index is 0.0733. The summed E-state index contributed by atoms with van der Waals surface area (Å²) in [5.41, 5.74) is 1.73. The van der Waals surface area contributed by atoms with Crippen molar-refractivity contribution in [1.82, 2.24) is 9.97 Å². The fourth-order valence-corrected chi connectivity index (χ4v) is 1.67. The van der Waals surface area contributed by atoms with Gasteiger partial charge in [-0.2, -0.15) is 4.98 Å². The van der Waals surface area contributed by atoms with Crippen molar-refractivity contribution in [1.29, 1.82) is 0 Å². The molecule has 0 unspecified atom stereocenters. The first kappa shape index (κ1) is 12.8. The first-order valence-electron chi connectivity index (χ1n) is 5.56. The Labute approximate surface area is 110 Å². The average Bonchev–Trinajstić information content (AvgIpc) is 2.36. The maximum atomic E-state index is 9.01. The zero-order chi connectivity index (χ0) is 13.0. The molecular weight excluding hydrogens is 252 g/mol. The van der Waals surface area contributed by atoms with Crippen LogP contribution in [-0.2, 0) is 6.42 Å². The summed E-state index contributed by atoms with van der Waals surface area (Å²) in [6.07, 6.45) is 2.15.